The fourth-order valence-corrected chi connectivity index (χ4v) is 2.68. The van der Waals surface area contributed by atoms with Gasteiger partial charge in [-0.2, -0.15) is 11.3 Å². The summed E-state index contributed by atoms with van der Waals surface area (Å²) in [6.45, 7) is 0. The van der Waals surface area contributed by atoms with E-state index in [4.69, 9.17) is 5.73 Å². The molecule has 2 nitrogen and oxygen atoms in total. The van der Waals surface area contributed by atoms with Crippen LogP contribution in [0.15, 0.2) is 47.3 Å². The fourth-order valence-electron chi connectivity index (χ4n) is 1.98. The average Bonchev–Trinajstić information content (AvgIpc) is 2.98. The minimum absolute atomic E-state index is 0.0394. The molecule has 0 bridgehead atoms. The predicted molar refractivity (Wildman–Crippen MR) is 68.6 cm³/mol. The largest absolute Gasteiger partial charge is 0.361 e. The molecule has 2 aromatic heterocycles. The smallest absolute Gasteiger partial charge is 0.0581 e. The van der Waals surface area contributed by atoms with Gasteiger partial charge in [0.2, 0.25) is 0 Å². The summed E-state index contributed by atoms with van der Waals surface area (Å²) in [5, 5.41) is 5.37. The van der Waals surface area contributed by atoms with Crippen LogP contribution in [0.1, 0.15) is 17.2 Å². The maximum atomic E-state index is 6.26. The normalized spacial score (nSPS) is 13.1. The molecular formula is C13H12N2S. The number of aromatic nitrogens is 1. The Morgan fingerprint density at radius 2 is 2.06 bits per heavy atom. The molecule has 0 aliphatic rings. The molecule has 80 valence electrons. The van der Waals surface area contributed by atoms with Crippen LogP contribution in [0.2, 0.25) is 0 Å². The molecule has 0 aliphatic heterocycles. The molecule has 16 heavy (non-hydrogen) atoms. The summed E-state index contributed by atoms with van der Waals surface area (Å²) < 4.78 is 0. The monoisotopic (exact) mass is 228 g/mol. The number of thiophene rings is 1. The quantitative estimate of drug-likeness (QED) is 0.694. The number of para-hydroxylation sites is 1. The summed E-state index contributed by atoms with van der Waals surface area (Å²) in [6.07, 6.45) is 2.01. The first-order valence-electron chi connectivity index (χ1n) is 5.20. The lowest BCUT2D eigenvalue weighted by atomic mass is 10.0. The van der Waals surface area contributed by atoms with E-state index in [2.05, 4.69) is 33.9 Å². The molecule has 0 spiro atoms. The number of nitrogens with one attached hydrogen (secondary N) is 1. The standard InChI is InChI=1S/C13H12N2S/c14-13(9-5-6-16-8-9)11-7-15-12-4-2-1-3-10(11)12/h1-8,13,15H,14H2/t13-/m0/s1. The number of hydrogen-bond acceptors (Lipinski definition) is 2. The molecule has 0 saturated heterocycles. The second kappa shape index (κ2) is 3.77. The number of benzene rings is 1. The summed E-state index contributed by atoms with van der Waals surface area (Å²) in [7, 11) is 0. The average molecular weight is 228 g/mol. The third kappa shape index (κ3) is 1.45. The van der Waals surface area contributed by atoms with E-state index >= 15 is 0 Å². The van der Waals surface area contributed by atoms with Gasteiger partial charge in [0.25, 0.3) is 0 Å². The van der Waals surface area contributed by atoms with Crippen LogP contribution >= 0.6 is 11.3 Å². The van der Waals surface area contributed by atoms with Gasteiger partial charge in [0.05, 0.1) is 6.04 Å². The van der Waals surface area contributed by atoms with E-state index in [0.717, 1.165) is 11.1 Å². The maximum Gasteiger partial charge on any atom is 0.0581 e. The molecule has 0 radical (unpaired) electrons. The number of hydrogen-bond donors (Lipinski definition) is 2. The minimum Gasteiger partial charge on any atom is -0.361 e. The van der Waals surface area contributed by atoms with Gasteiger partial charge >= 0.3 is 0 Å². The first kappa shape index (κ1) is 9.63. The van der Waals surface area contributed by atoms with Crippen LogP contribution in [0, 0.1) is 0 Å². The lowest BCUT2D eigenvalue weighted by Crippen LogP contribution is -2.10. The van der Waals surface area contributed by atoms with Crippen molar-refractivity contribution in [2.75, 3.05) is 0 Å². The van der Waals surface area contributed by atoms with Crippen LogP contribution in [0.4, 0.5) is 0 Å². The van der Waals surface area contributed by atoms with Crippen molar-refractivity contribution in [2.45, 2.75) is 6.04 Å². The highest BCUT2D eigenvalue weighted by Gasteiger charge is 2.13. The second-order valence-electron chi connectivity index (χ2n) is 3.82. The van der Waals surface area contributed by atoms with E-state index in [9.17, 15) is 0 Å². The number of rotatable bonds is 2. The highest BCUT2D eigenvalue weighted by atomic mass is 32.1. The highest BCUT2D eigenvalue weighted by molar-refractivity contribution is 7.08. The summed E-state index contributed by atoms with van der Waals surface area (Å²) in [5.74, 6) is 0. The zero-order chi connectivity index (χ0) is 11.0. The minimum atomic E-state index is -0.0394. The summed E-state index contributed by atoms with van der Waals surface area (Å²) in [5.41, 5.74) is 9.74. The SMILES string of the molecule is N[C@@H](c1ccsc1)c1c[nH]c2ccccc12. The van der Waals surface area contributed by atoms with Gasteiger partial charge in [-0.05, 0) is 34.0 Å². The molecule has 0 fully saturated rings. The predicted octanol–water partition coefficient (Wildman–Crippen LogP) is 3.28. The second-order valence-corrected chi connectivity index (χ2v) is 4.60. The van der Waals surface area contributed by atoms with Crippen molar-refractivity contribution < 1.29 is 0 Å². The Morgan fingerprint density at radius 1 is 1.19 bits per heavy atom. The number of H-pyrrole nitrogens is 1. The van der Waals surface area contributed by atoms with Crippen molar-refractivity contribution >= 4 is 22.2 Å². The Hall–Kier alpha value is -1.58. The Bertz CT molecular complexity index is 595. The maximum absolute atomic E-state index is 6.26. The van der Waals surface area contributed by atoms with Crippen molar-refractivity contribution in [1.82, 2.24) is 4.98 Å². The zero-order valence-electron chi connectivity index (χ0n) is 8.68. The molecule has 2 heterocycles. The van der Waals surface area contributed by atoms with E-state index < -0.39 is 0 Å². The molecule has 0 unspecified atom stereocenters. The van der Waals surface area contributed by atoms with Crippen molar-refractivity contribution in [3.05, 3.63) is 58.4 Å². The van der Waals surface area contributed by atoms with Gasteiger partial charge in [0, 0.05) is 17.1 Å². The molecule has 1 aromatic carbocycles. The van der Waals surface area contributed by atoms with Crippen LogP contribution in [0.3, 0.4) is 0 Å². The number of fused-ring (bicyclic) bond motifs is 1. The van der Waals surface area contributed by atoms with Crippen molar-refractivity contribution in [3.63, 3.8) is 0 Å². The van der Waals surface area contributed by atoms with E-state index in [1.165, 1.54) is 10.9 Å². The molecule has 0 saturated carbocycles. The first-order valence-corrected chi connectivity index (χ1v) is 6.14. The molecule has 1 atom stereocenters. The van der Waals surface area contributed by atoms with Crippen LogP contribution < -0.4 is 5.73 Å². The van der Waals surface area contributed by atoms with Gasteiger partial charge in [0.1, 0.15) is 0 Å². The van der Waals surface area contributed by atoms with Gasteiger partial charge in [0.15, 0.2) is 0 Å². The van der Waals surface area contributed by atoms with E-state index in [-0.39, 0.29) is 6.04 Å². The summed E-state index contributed by atoms with van der Waals surface area (Å²) in [4.78, 5) is 3.25. The molecule has 3 rings (SSSR count). The molecule has 0 aliphatic carbocycles. The van der Waals surface area contributed by atoms with Gasteiger partial charge in [-0.3, -0.25) is 0 Å². The van der Waals surface area contributed by atoms with Crippen molar-refractivity contribution in [3.8, 4) is 0 Å². The van der Waals surface area contributed by atoms with Crippen LogP contribution in [0.5, 0.6) is 0 Å². The Kier molecular flexibility index (Phi) is 2.27. The zero-order valence-corrected chi connectivity index (χ0v) is 9.50. The lowest BCUT2D eigenvalue weighted by molar-refractivity contribution is 0.886. The molecule has 0 amide bonds. The van der Waals surface area contributed by atoms with Gasteiger partial charge in [-0.25, -0.2) is 0 Å². The lowest BCUT2D eigenvalue weighted by Gasteiger charge is -2.08. The Morgan fingerprint density at radius 3 is 2.88 bits per heavy atom. The number of aromatic amines is 1. The summed E-state index contributed by atoms with van der Waals surface area (Å²) >= 11 is 1.68. The highest BCUT2D eigenvalue weighted by Crippen LogP contribution is 2.27. The molecule has 3 N–H and O–H groups in total. The Balaban J connectivity index is 2.12. The van der Waals surface area contributed by atoms with Crippen LogP contribution in [-0.4, -0.2) is 4.98 Å². The van der Waals surface area contributed by atoms with Crippen LogP contribution in [0.25, 0.3) is 10.9 Å². The van der Waals surface area contributed by atoms with Gasteiger partial charge < -0.3 is 10.7 Å². The Labute approximate surface area is 97.7 Å². The first-order chi connectivity index (χ1) is 7.86. The molecular weight excluding hydrogens is 216 g/mol. The van der Waals surface area contributed by atoms with E-state index in [0.29, 0.717) is 0 Å². The third-order valence-electron chi connectivity index (χ3n) is 2.86. The van der Waals surface area contributed by atoms with Crippen LogP contribution in [-0.2, 0) is 0 Å². The molecule has 3 heteroatoms. The molecule has 3 aromatic rings. The number of nitrogens with two attached hydrogens (primary N) is 1. The van der Waals surface area contributed by atoms with Crippen molar-refractivity contribution in [1.29, 1.82) is 0 Å². The fraction of sp³-hybridized carbons (Fsp3) is 0.0769. The van der Waals surface area contributed by atoms with Gasteiger partial charge in [-0.15, -0.1) is 0 Å². The van der Waals surface area contributed by atoms with E-state index in [1.807, 2.05) is 18.3 Å². The summed E-state index contributed by atoms with van der Waals surface area (Å²) in [6, 6.07) is 10.3. The van der Waals surface area contributed by atoms with Gasteiger partial charge in [-0.1, -0.05) is 18.2 Å². The third-order valence-corrected chi connectivity index (χ3v) is 3.56. The van der Waals surface area contributed by atoms with E-state index in [1.54, 1.807) is 11.3 Å². The van der Waals surface area contributed by atoms with Crippen molar-refractivity contribution in [2.24, 2.45) is 5.73 Å². The topological polar surface area (TPSA) is 41.8 Å².